The maximum atomic E-state index is 11.1. The van der Waals surface area contributed by atoms with Gasteiger partial charge in [0, 0.05) is 22.6 Å². The first-order chi connectivity index (χ1) is 9.16. The molecule has 2 aromatic rings. The molecule has 4 heteroatoms. The Morgan fingerprint density at radius 3 is 2.84 bits per heavy atom. The first-order valence-corrected chi connectivity index (χ1v) is 6.32. The topological polar surface area (TPSA) is 46.5 Å². The molecule has 1 aliphatic rings. The van der Waals surface area contributed by atoms with Gasteiger partial charge in [0.25, 0.3) is 0 Å². The van der Waals surface area contributed by atoms with Crippen LogP contribution in [0.5, 0.6) is 5.75 Å². The molecule has 19 heavy (non-hydrogen) atoms. The molecule has 0 aromatic heterocycles. The van der Waals surface area contributed by atoms with Crippen molar-refractivity contribution in [3.8, 4) is 16.9 Å². The van der Waals surface area contributed by atoms with Gasteiger partial charge in [-0.15, -0.1) is 0 Å². The normalized spacial score (nSPS) is 12.9. The molecule has 96 valence electrons. The Kier molecular flexibility index (Phi) is 2.91. The lowest BCUT2D eigenvalue weighted by Crippen LogP contribution is -1.97. The number of ether oxygens (including phenoxy) is 1. The summed E-state index contributed by atoms with van der Waals surface area (Å²) >= 11 is 6.19. The van der Waals surface area contributed by atoms with E-state index in [1.807, 2.05) is 18.2 Å². The number of hydrogen-bond acceptors (Lipinski definition) is 2. The second-order valence-electron chi connectivity index (χ2n) is 4.39. The number of carbonyl (C=O) groups is 1. The number of para-hydroxylation sites is 1. The second-order valence-corrected chi connectivity index (χ2v) is 4.80. The Morgan fingerprint density at radius 1 is 1.21 bits per heavy atom. The number of rotatable bonds is 2. The SMILES string of the molecule is O=C(O)c1ccc(Cl)c(-c2cccc3c2OCC3)c1. The smallest absolute Gasteiger partial charge is 0.335 e. The fraction of sp³-hybridized carbons (Fsp3) is 0.133. The van der Waals surface area contributed by atoms with Crippen LogP contribution in [0.2, 0.25) is 5.02 Å². The number of carboxylic acid groups (broad SMARTS) is 1. The van der Waals surface area contributed by atoms with E-state index in [0.29, 0.717) is 17.2 Å². The molecule has 1 aliphatic heterocycles. The Bertz CT molecular complexity index is 664. The summed E-state index contributed by atoms with van der Waals surface area (Å²) in [7, 11) is 0. The standard InChI is InChI=1S/C15H11ClO3/c16-13-5-4-10(15(17)18)8-12(13)11-3-1-2-9-6-7-19-14(9)11/h1-5,8H,6-7H2,(H,17,18). The maximum absolute atomic E-state index is 11.1. The lowest BCUT2D eigenvalue weighted by atomic mass is 9.99. The van der Waals surface area contributed by atoms with Crippen molar-refractivity contribution in [2.24, 2.45) is 0 Å². The molecule has 0 bridgehead atoms. The summed E-state index contributed by atoms with van der Waals surface area (Å²) in [5.41, 5.74) is 2.90. The van der Waals surface area contributed by atoms with Crippen LogP contribution in [0.3, 0.4) is 0 Å². The third-order valence-electron chi connectivity index (χ3n) is 3.22. The van der Waals surface area contributed by atoms with Gasteiger partial charge in [-0.2, -0.15) is 0 Å². The minimum Gasteiger partial charge on any atom is -0.492 e. The van der Waals surface area contributed by atoms with E-state index in [4.69, 9.17) is 21.4 Å². The molecule has 0 saturated carbocycles. The van der Waals surface area contributed by atoms with E-state index >= 15 is 0 Å². The summed E-state index contributed by atoms with van der Waals surface area (Å²) in [4.78, 5) is 11.1. The molecule has 0 amide bonds. The molecule has 0 aliphatic carbocycles. The highest BCUT2D eigenvalue weighted by molar-refractivity contribution is 6.33. The molecule has 0 saturated heterocycles. The molecule has 0 radical (unpaired) electrons. The monoisotopic (exact) mass is 274 g/mol. The van der Waals surface area contributed by atoms with E-state index in [2.05, 4.69) is 0 Å². The van der Waals surface area contributed by atoms with Crippen LogP contribution in [0, 0.1) is 0 Å². The number of aromatic carboxylic acids is 1. The van der Waals surface area contributed by atoms with Gasteiger partial charge < -0.3 is 9.84 Å². The van der Waals surface area contributed by atoms with Crippen molar-refractivity contribution in [2.75, 3.05) is 6.61 Å². The van der Waals surface area contributed by atoms with Crippen molar-refractivity contribution in [3.63, 3.8) is 0 Å². The third kappa shape index (κ3) is 2.06. The predicted molar refractivity (Wildman–Crippen MR) is 73.0 cm³/mol. The summed E-state index contributed by atoms with van der Waals surface area (Å²) in [5.74, 6) is -0.154. The highest BCUT2D eigenvalue weighted by Crippen LogP contribution is 2.40. The zero-order valence-electron chi connectivity index (χ0n) is 10.0. The van der Waals surface area contributed by atoms with Crippen molar-refractivity contribution in [2.45, 2.75) is 6.42 Å². The highest BCUT2D eigenvalue weighted by Gasteiger charge is 2.19. The van der Waals surface area contributed by atoms with Crippen LogP contribution < -0.4 is 4.74 Å². The van der Waals surface area contributed by atoms with E-state index in [0.717, 1.165) is 23.3 Å². The molecule has 0 atom stereocenters. The highest BCUT2D eigenvalue weighted by atomic mass is 35.5. The van der Waals surface area contributed by atoms with Crippen LogP contribution in [0.15, 0.2) is 36.4 Å². The molecule has 0 spiro atoms. The zero-order chi connectivity index (χ0) is 13.4. The lowest BCUT2D eigenvalue weighted by Gasteiger charge is -2.10. The largest absolute Gasteiger partial charge is 0.492 e. The summed E-state index contributed by atoms with van der Waals surface area (Å²) < 4.78 is 5.63. The molecule has 3 rings (SSSR count). The van der Waals surface area contributed by atoms with Gasteiger partial charge in [-0.25, -0.2) is 4.79 Å². The number of carboxylic acids is 1. The molecule has 1 N–H and O–H groups in total. The molecule has 3 nitrogen and oxygen atoms in total. The lowest BCUT2D eigenvalue weighted by molar-refractivity contribution is 0.0697. The van der Waals surface area contributed by atoms with Gasteiger partial charge in [-0.1, -0.05) is 29.8 Å². The van der Waals surface area contributed by atoms with Gasteiger partial charge in [-0.05, 0) is 23.8 Å². The third-order valence-corrected chi connectivity index (χ3v) is 3.55. The van der Waals surface area contributed by atoms with Crippen molar-refractivity contribution < 1.29 is 14.6 Å². The van der Waals surface area contributed by atoms with Crippen LogP contribution >= 0.6 is 11.6 Å². The van der Waals surface area contributed by atoms with Gasteiger partial charge in [0.2, 0.25) is 0 Å². The van der Waals surface area contributed by atoms with Gasteiger partial charge in [0.15, 0.2) is 0 Å². The van der Waals surface area contributed by atoms with Crippen LogP contribution in [0.1, 0.15) is 15.9 Å². The summed E-state index contributed by atoms with van der Waals surface area (Å²) in [6.07, 6.45) is 0.874. The molecular formula is C15H11ClO3. The molecule has 2 aromatic carbocycles. The minimum atomic E-state index is -0.966. The minimum absolute atomic E-state index is 0.218. The Labute approximate surface area is 115 Å². The Hall–Kier alpha value is -2.00. The fourth-order valence-electron chi connectivity index (χ4n) is 2.29. The van der Waals surface area contributed by atoms with Gasteiger partial charge in [0.1, 0.15) is 5.75 Å². The molecular weight excluding hydrogens is 264 g/mol. The van der Waals surface area contributed by atoms with Crippen LogP contribution in [-0.2, 0) is 6.42 Å². The van der Waals surface area contributed by atoms with E-state index in [1.54, 1.807) is 12.1 Å². The van der Waals surface area contributed by atoms with Crippen molar-refractivity contribution in [1.82, 2.24) is 0 Å². The predicted octanol–water partition coefficient (Wildman–Crippen LogP) is 3.64. The number of halogens is 1. The van der Waals surface area contributed by atoms with Crippen LogP contribution in [-0.4, -0.2) is 17.7 Å². The summed E-state index contributed by atoms with van der Waals surface area (Å²) in [6, 6.07) is 10.5. The van der Waals surface area contributed by atoms with Gasteiger partial charge >= 0.3 is 5.97 Å². The maximum Gasteiger partial charge on any atom is 0.335 e. The first-order valence-electron chi connectivity index (χ1n) is 5.95. The quantitative estimate of drug-likeness (QED) is 0.909. The van der Waals surface area contributed by atoms with E-state index in [-0.39, 0.29) is 5.56 Å². The van der Waals surface area contributed by atoms with Crippen molar-refractivity contribution >= 4 is 17.6 Å². The summed E-state index contributed by atoms with van der Waals surface area (Å²) in [6.45, 7) is 0.655. The van der Waals surface area contributed by atoms with Crippen molar-refractivity contribution in [1.29, 1.82) is 0 Å². The van der Waals surface area contributed by atoms with Crippen molar-refractivity contribution in [3.05, 3.63) is 52.5 Å². The molecule has 0 fully saturated rings. The average molecular weight is 275 g/mol. The van der Waals surface area contributed by atoms with Gasteiger partial charge in [-0.3, -0.25) is 0 Å². The van der Waals surface area contributed by atoms with E-state index in [9.17, 15) is 4.79 Å². The zero-order valence-corrected chi connectivity index (χ0v) is 10.8. The van der Waals surface area contributed by atoms with E-state index in [1.165, 1.54) is 6.07 Å². The summed E-state index contributed by atoms with van der Waals surface area (Å²) in [5, 5.41) is 9.59. The first kappa shape index (κ1) is 12.1. The van der Waals surface area contributed by atoms with Crippen LogP contribution in [0.25, 0.3) is 11.1 Å². The second kappa shape index (κ2) is 4.59. The number of hydrogen-bond donors (Lipinski definition) is 1. The van der Waals surface area contributed by atoms with Gasteiger partial charge in [0.05, 0.1) is 12.2 Å². The van der Waals surface area contributed by atoms with Crippen LogP contribution in [0.4, 0.5) is 0 Å². The fourth-order valence-corrected chi connectivity index (χ4v) is 2.51. The molecule has 1 heterocycles. The Balaban J connectivity index is 2.20. The Morgan fingerprint density at radius 2 is 2.05 bits per heavy atom. The number of benzene rings is 2. The van der Waals surface area contributed by atoms with E-state index < -0.39 is 5.97 Å². The molecule has 0 unspecified atom stereocenters. The number of fused-ring (bicyclic) bond motifs is 1. The average Bonchev–Trinajstić information content (AvgIpc) is 2.87.